The molecule has 3 aliphatic heterocycles. The zero-order chi connectivity index (χ0) is 23.8. The van der Waals surface area contributed by atoms with Crippen LogP contribution in [0.4, 0.5) is 0 Å². The van der Waals surface area contributed by atoms with Crippen molar-refractivity contribution in [2.75, 3.05) is 26.2 Å². The summed E-state index contributed by atoms with van der Waals surface area (Å²) in [5.74, 6) is 0.0894. The fourth-order valence-corrected chi connectivity index (χ4v) is 5.04. The first-order chi connectivity index (χ1) is 16.4. The van der Waals surface area contributed by atoms with Crippen LogP contribution in [-0.2, 0) is 16.1 Å². The molecule has 3 aliphatic rings. The number of carbonyl (C=O) groups excluding carboxylic acids is 3. The lowest BCUT2D eigenvalue weighted by molar-refractivity contribution is -0.136. The third kappa shape index (κ3) is 4.25. The Morgan fingerprint density at radius 2 is 1.97 bits per heavy atom. The minimum atomic E-state index is -0.622. The lowest BCUT2D eigenvalue weighted by Crippen LogP contribution is -2.52. The van der Waals surface area contributed by atoms with E-state index < -0.39 is 11.9 Å². The average Bonchev–Trinajstić information content (AvgIpc) is 3.11. The van der Waals surface area contributed by atoms with Crippen LogP contribution < -0.4 is 10.1 Å². The van der Waals surface area contributed by atoms with Gasteiger partial charge in [-0.15, -0.1) is 0 Å². The number of nitrogens with zero attached hydrogens (tertiary/aromatic N) is 3. The lowest BCUT2D eigenvalue weighted by Gasteiger charge is -2.39. The summed E-state index contributed by atoms with van der Waals surface area (Å²) >= 11 is 5.99. The molecular weight excluding hydrogens is 456 g/mol. The van der Waals surface area contributed by atoms with Gasteiger partial charge in [-0.3, -0.25) is 24.6 Å². The highest BCUT2D eigenvalue weighted by atomic mass is 35.5. The third-order valence-corrected chi connectivity index (χ3v) is 6.94. The fraction of sp³-hybridized carbons (Fsp3) is 0.360. The number of likely N-dealkylation sites (tertiary alicyclic amines) is 1. The van der Waals surface area contributed by atoms with Gasteiger partial charge in [-0.2, -0.15) is 5.26 Å². The van der Waals surface area contributed by atoms with Crippen LogP contribution in [0.2, 0.25) is 5.02 Å². The van der Waals surface area contributed by atoms with E-state index >= 15 is 0 Å². The van der Waals surface area contributed by atoms with Crippen molar-refractivity contribution < 1.29 is 19.1 Å². The molecule has 0 unspecified atom stereocenters. The van der Waals surface area contributed by atoms with E-state index in [-0.39, 0.29) is 18.2 Å². The standard InChI is InChI=1S/C25H23ClN4O4/c26-18-1-3-20(15(9-18)11-27)17-12-29(13-17)7-8-34-19-2-4-21-16(10-19)14-30(25(21)33)22-5-6-23(31)28-24(22)32/h1-4,9-10,17,22H,5-8,12-14H2,(H,28,31,32)/t22-/m1/s1. The average molecular weight is 479 g/mol. The zero-order valence-corrected chi connectivity index (χ0v) is 19.2. The summed E-state index contributed by atoms with van der Waals surface area (Å²) < 4.78 is 5.93. The summed E-state index contributed by atoms with van der Waals surface area (Å²) in [5, 5.41) is 12.2. The second kappa shape index (κ2) is 9.09. The molecular formula is C25H23ClN4O4. The summed E-state index contributed by atoms with van der Waals surface area (Å²) in [5.41, 5.74) is 3.06. The van der Waals surface area contributed by atoms with Crippen molar-refractivity contribution in [3.63, 3.8) is 0 Å². The minimum absolute atomic E-state index is 0.193. The van der Waals surface area contributed by atoms with Crippen molar-refractivity contribution in [3.05, 3.63) is 63.7 Å². The summed E-state index contributed by atoms with van der Waals surface area (Å²) in [6.45, 7) is 3.30. The molecule has 1 N–H and O–H groups in total. The molecule has 0 spiro atoms. The normalized spacial score (nSPS) is 20.5. The maximum atomic E-state index is 12.8. The summed E-state index contributed by atoms with van der Waals surface area (Å²) in [7, 11) is 0. The molecule has 2 saturated heterocycles. The molecule has 1 atom stereocenters. The highest BCUT2D eigenvalue weighted by Gasteiger charge is 2.39. The molecule has 3 heterocycles. The fourth-order valence-electron chi connectivity index (χ4n) is 4.86. The number of amides is 3. The van der Waals surface area contributed by atoms with Gasteiger partial charge in [0.25, 0.3) is 5.91 Å². The molecule has 0 aromatic heterocycles. The molecule has 0 radical (unpaired) electrons. The second-order valence-electron chi connectivity index (χ2n) is 8.87. The molecule has 2 aromatic rings. The van der Waals surface area contributed by atoms with Gasteiger partial charge in [0.2, 0.25) is 11.8 Å². The number of imide groups is 1. The van der Waals surface area contributed by atoms with Gasteiger partial charge in [0.1, 0.15) is 18.4 Å². The van der Waals surface area contributed by atoms with Crippen LogP contribution in [0.5, 0.6) is 5.75 Å². The van der Waals surface area contributed by atoms with Crippen molar-refractivity contribution in [2.45, 2.75) is 31.3 Å². The second-order valence-corrected chi connectivity index (χ2v) is 9.30. The first-order valence-corrected chi connectivity index (χ1v) is 11.6. The van der Waals surface area contributed by atoms with Crippen molar-refractivity contribution in [1.82, 2.24) is 15.1 Å². The lowest BCUT2D eigenvalue weighted by atomic mass is 9.88. The number of piperidine rings is 1. The number of halogens is 1. The van der Waals surface area contributed by atoms with Crippen LogP contribution in [0.25, 0.3) is 0 Å². The van der Waals surface area contributed by atoms with Gasteiger partial charge in [0.15, 0.2) is 0 Å². The Kier molecular flexibility index (Phi) is 5.98. The molecule has 3 amide bonds. The Balaban J connectivity index is 1.13. The van der Waals surface area contributed by atoms with Crippen LogP contribution in [0.15, 0.2) is 36.4 Å². The topological polar surface area (TPSA) is 103 Å². The SMILES string of the molecule is N#Cc1cc(Cl)ccc1C1CN(CCOc2ccc3c(c2)CN([C@@H]2CCC(=O)NC2=O)C3=O)C1. The number of nitriles is 1. The summed E-state index contributed by atoms with van der Waals surface area (Å²) in [6, 6.07) is 12.4. The van der Waals surface area contributed by atoms with Gasteiger partial charge in [-0.25, -0.2) is 0 Å². The molecule has 8 nitrogen and oxygen atoms in total. The van der Waals surface area contributed by atoms with Crippen molar-refractivity contribution in [3.8, 4) is 11.8 Å². The number of hydrogen-bond donors (Lipinski definition) is 1. The van der Waals surface area contributed by atoms with E-state index in [0.717, 1.165) is 30.8 Å². The maximum Gasteiger partial charge on any atom is 0.255 e. The van der Waals surface area contributed by atoms with E-state index in [4.69, 9.17) is 16.3 Å². The molecule has 0 saturated carbocycles. The Bertz CT molecular complexity index is 1220. The van der Waals surface area contributed by atoms with Gasteiger partial charge in [0, 0.05) is 49.1 Å². The van der Waals surface area contributed by atoms with E-state index in [9.17, 15) is 19.6 Å². The van der Waals surface area contributed by atoms with Crippen LogP contribution in [0, 0.1) is 11.3 Å². The summed E-state index contributed by atoms with van der Waals surface area (Å²) in [6.07, 6.45) is 0.578. The number of benzene rings is 2. The van der Waals surface area contributed by atoms with Crippen LogP contribution in [0.3, 0.4) is 0 Å². The Labute approximate surface area is 202 Å². The van der Waals surface area contributed by atoms with Crippen LogP contribution in [0.1, 0.15) is 45.8 Å². The van der Waals surface area contributed by atoms with E-state index in [1.54, 1.807) is 18.2 Å². The zero-order valence-electron chi connectivity index (χ0n) is 18.4. The number of carbonyl (C=O) groups is 3. The first-order valence-electron chi connectivity index (χ1n) is 11.2. The highest BCUT2D eigenvalue weighted by molar-refractivity contribution is 6.30. The van der Waals surface area contributed by atoms with Gasteiger partial charge < -0.3 is 9.64 Å². The number of nitrogens with one attached hydrogen (secondary N) is 1. The van der Waals surface area contributed by atoms with E-state index in [1.165, 1.54) is 4.90 Å². The molecule has 5 rings (SSSR count). The maximum absolute atomic E-state index is 12.8. The monoisotopic (exact) mass is 478 g/mol. The molecule has 0 bridgehead atoms. The quantitative estimate of drug-likeness (QED) is 0.640. The predicted molar refractivity (Wildman–Crippen MR) is 123 cm³/mol. The van der Waals surface area contributed by atoms with E-state index in [2.05, 4.69) is 16.3 Å². The summed E-state index contributed by atoms with van der Waals surface area (Å²) in [4.78, 5) is 40.2. The van der Waals surface area contributed by atoms with Crippen molar-refractivity contribution in [1.29, 1.82) is 5.26 Å². The number of fused-ring (bicyclic) bond motifs is 1. The predicted octanol–water partition coefficient (Wildman–Crippen LogP) is 2.45. The van der Waals surface area contributed by atoms with Gasteiger partial charge in [-0.05, 0) is 47.9 Å². The van der Waals surface area contributed by atoms with Crippen LogP contribution in [-0.4, -0.2) is 59.8 Å². The highest BCUT2D eigenvalue weighted by Crippen LogP contribution is 2.32. The van der Waals surface area contributed by atoms with E-state index in [0.29, 0.717) is 47.4 Å². The number of rotatable bonds is 6. The molecule has 0 aliphatic carbocycles. The molecule has 2 aromatic carbocycles. The molecule has 174 valence electrons. The number of hydrogen-bond acceptors (Lipinski definition) is 6. The molecule has 2 fully saturated rings. The molecule has 9 heteroatoms. The Morgan fingerprint density at radius 1 is 1.15 bits per heavy atom. The minimum Gasteiger partial charge on any atom is -0.492 e. The smallest absolute Gasteiger partial charge is 0.255 e. The van der Waals surface area contributed by atoms with Crippen molar-refractivity contribution >= 4 is 29.3 Å². The Hall–Kier alpha value is -3.41. The number of ether oxygens (including phenoxy) is 1. The largest absolute Gasteiger partial charge is 0.492 e. The third-order valence-electron chi connectivity index (χ3n) is 6.70. The first kappa shape index (κ1) is 22.4. The van der Waals surface area contributed by atoms with E-state index in [1.807, 2.05) is 18.2 Å². The van der Waals surface area contributed by atoms with Gasteiger partial charge in [-0.1, -0.05) is 17.7 Å². The van der Waals surface area contributed by atoms with Crippen LogP contribution >= 0.6 is 11.6 Å². The van der Waals surface area contributed by atoms with Crippen molar-refractivity contribution in [2.24, 2.45) is 0 Å². The Morgan fingerprint density at radius 3 is 2.74 bits per heavy atom. The molecule has 34 heavy (non-hydrogen) atoms. The van der Waals surface area contributed by atoms with Gasteiger partial charge >= 0.3 is 0 Å². The van der Waals surface area contributed by atoms with Gasteiger partial charge in [0.05, 0.1) is 11.6 Å².